The largest absolute Gasteiger partial charge is 0.475 e. The third-order valence-corrected chi connectivity index (χ3v) is 3.43. The van der Waals surface area contributed by atoms with Crippen LogP contribution in [0.1, 0.15) is 5.56 Å². The van der Waals surface area contributed by atoms with E-state index in [0.29, 0.717) is 11.1 Å². The summed E-state index contributed by atoms with van der Waals surface area (Å²) in [6, 6.07) is 7.23. The number of rotatable bonds is 5. The molecule has 23 heavy (non-hydrogen) atoms. The predicted molar refractivity (Wildman–Crippen MR) is 81.8 cm³/mol. The van der Waals surface area contributed by atoms with Crippen molar-refractivity contribution in [2.45, 2.75) is 12.4 Å². The quantitative estimate of drug-likeness (QED) is 0.389. The lowest BCUT2D eigenvalue weighted by Crippen LogP contribution is -2.52. The first-order chi connectivity index (χ1) is 10.9. The number of amides is 2. The Hall–Kier alpha value is -2.36. The maximum atomic E-state index is 11.8. The number of carbonyl (C=O) groups excluding carboxylic acids is 2. The number of nitrogens with one attached hydrogen (secondary N) is 1. The predicted octanol–water partition coefficient (Wildman–Crippen LogP) is -0.508. The summed E-state index contributed by atoms with van der Waals surface area (Å²) in [6.07, 6.45) is 1.57. The topological polar surface area (TPSA) is 112 Å². The highest BCUT2D eigenvalue weighted by molar-refractivity contribution is 6.45. The zero-order valence-corrected chi connectivity index (χ0v) is 12.7. The summed E-state index contributed by atoms with van der Waals surface area (Å²) in [4.78, 5) is 28.1. The van der Waals surface area contributed by atoms with Crippen molar-refractivity contribution in [2.24, 2.45) is 0 Å². The lowest BCUT2D eigenvalue weighted by Gasteiger charge is -2.19. The van der Waals surface area contributed by atoms with Crippen LogP contribution in [0.15, 0.2) is 34.9 Å². The molecule has 3 N–H and O–H groups in total. The summed E-state index contributed by atoms with van der Waals surface area (Å²) in [5, 5.41) is 22.7. The molecule has 0 fully saturated rings. The zero-order chi connectivity index (χ0) is 17.0. The molecule has 1 atom stereocenters. The summed E-state index contributed by atoms with van der Waals surface area (Å²) in [5.41, 5.74) is 1.33. The Labute approximate surface area is 132 Å². The number of carbonyl (C=O) groups is 2. The Balaban J connectivity index is 2.13. The number of benzene rings is 1. The van der Waals surface area contributed by atoms with Crippen LogP contribution in [-0.2, 0) is 20.8 Å². The van der Waals surface area contributed by atoms with Crippen LogP contribution < -0.4 is 5.32 Å². The first-order valence-electron chi connectivity index (χ1n) is 6.88. The summed E-state index contributed by atoms with van der Waals surface area (Å²) >= 11 is 0. The maximum absolute atomic E-state index is 11.8. The number of hydrogen-bond acceptors (Lipinski definition) is 6. The molecule has 0 aliphatic carbocycles. The van der Waals surface area contributed by atoms with E-state index in [-0.39, 0.29) is 6.42 Å². The highest BCUT2D eigenvalue weighted by Gasteiger charge is 2.30. The third kappa shape index (κ3) is 3.89. The summed E-state index contributed by atoms with van der Waals surface area (Å²) in [6.45, 7) is 0. The minimum absolute atomic E-state index is 0.0877. The van der Waals surface area contributed by atoms with Crippen LogP contribution in [-0.4, -0.2) is 54.1 Å². The maximum Gasteiger partial charge on any atom is 0.475 e. The second-order valence-corrected chi connectivity index (χ2v) is 4.94. The standard InChI is InChI=1S/C14H17BN2O6/c1-17(22-2)14(19)13(18)16-12(15(20)21)7-9-8-23-11-6-4-3-5-10(9)11/h3-6,8,12,20-21H,7H2,1-2H3,(H,16,18)/t12-/m0/s1. The molecule has 0 aliphatic rings. The molecule has 1 heterocycles. The van der Waals surface area contributed by atoms with Gasteiger partial charge in [0.1, 0.15) is 5.58 Å². The van der Waals surface area contributed by atoms with Crippen LogP contribution in [0.2, 0.25) is 0 Å². The van der Waals surface area contributed by atoms with Crippen molar-refractivity contribution in [3.63, 3.8) is 0 Å². The van der Waals surface area contributed by atoms with Gasteiger partial charge in [-0.15, -0.1) is 0 Å². The van der Waals surface area contributed by atoms with Crippen LogP contribution in [0.25, 0.3) is 11.0 Å². The van der Waals surface area contributed by atoms with E-state index in [2.05, 4.69) is 10.2 Å². The molecule has 0 spiro atoms. The van der Waals surface area contributed by atoms with Gasteiger partial charge < -0.3 is 19.8 Å². The average molecular weight is 320 g/mol. The number of fused-ring (bicyclic) bond motifs is 1. The normalized spacial score (nSPS) is 12.0. The van der Waals surface area contributed by atoms with Crippen molar-refractivity contribution >= 4 is 29.9 Å². The zero-order valence-electron chi connectivity index (χ0n) is 12.7. The number of nitrogens with zero attached hydrogens (tertiary/aromatic N) is 1. The SMILES string of the molecule is CON(C)C(=O)C(=O)N[C@@H](Cc1coc2ccccc12)B(O)O. The smallest absolute Gasteiger partial charge is 0.464 e. The van der Waals surface area contributed by atoms with E-state index < -0.39 is 24.9 Å². The van der Waals surface area contributed by atoms with Gasteiger partial charge in [-0.25, -0.2) is 5.06 Å². The average Bonchev–Trinajstić information content (AvgIpc) is 2.95. The van der Waals surface area contributed by atoms with Gasteiger partial charge in [-0.1, -0.05) is 18.2 Å². The van der Waals surface area contributed by atoms with E-state index in [9.17, 15) is 19.6 Å². The van der Waals surface area contributed by atoms with Gasteiger partial charge in [-0.2, -0.15) is 0 Å². The van der Waals surface area contributed by atoms with Crippen LogP contribution >= 0.6 is 0 Å². The van der Waals surface area contributed by atoms with E-state index >= 15 is 0 Å². The molecule has 8 nitrogen and oxygen atoms in total. The van der Waals surface area contributed by atoms with Gasteiger partial charge in [0.2, 0.25) is 0 Å². The monoisotopic (exact) mass is 320 g/mol. The van der Waals surface area contributed by atoms with E-state index in [1.54, 1.807) is 6.07 Å². The first-order valence-corrected chi connectivity index (χ1v) is 6.88. The third-order valence-electron chi connectivity index (χ3n) is 3.43. The van der Waals surface area contributed by atoms with Crippen LogP contribution in [0.3, 0.4) is 0 Å². The number of likely N-dealkylation sites (N-methyl/N-ethyl adjacent to an activating group) is 1. The molecule has 0 unspecified atom stereocenters. The van der Waals surface area contributed by atoms with Gasteiger partial charge in [-0.3, -0.25) is 14.4 Å². The molecule has 122 valence electrons. The number of hydrogen-bond donors (Lipinski definition) is 3. The van der Waals surface area contributed by atoms with Crippen molar-refractivity contribution in [3.8, 4) is 0 Å². The van der Waals surface area contributed by atoms with E-state index in [1.807, 2.05) is 18.2 Å². The molecule has 0 aliphatic heterocycles. The van der Waals surface area contributed by atoms with Crippen molar-refractivity contribution in [1.29, 1.82) is 0 Å². The van der Waals surface area contributed by atoms with E-state index in [4.69, 9.17) is 4.42 Å². The molecule has 1 aromatic carbocycles. The minimum Gasteiger partial charge on any atom is -0.464 e. The molecule has 9 heteroatoms. The van der Waals surface area contributed by atoms with Crippen LogP contribution in [0.4, 0.5) is 0 Å². The van der Waals surface area contributed by atoms with Gasteiger partial charge in [0, 0.05) is 12.4 Å². The molecule has 0 bridgehead atoms. The lowest BCUT2D eigenvalue weighted by molar-refractivity contribution is -0.173. The van der Waals surface area contributed by atoms with Gasteiger partial charge >= 0.3 is 18.9 Å². The Kier molecular flexibility index (Phi) is 5.38. The van der Waals surface area contributed by atoms with Gasteiger partial charge in [0.15, 0.2) is 0 Å². The second kappa shape index (κ2) is 7.27. The Bertz CT molecular complexity index is 701. The fourth-order valence-corrected chi connectivity index (χ4v) is 2.11. The Morgan fingerprint density at radius 1 is 1.39 bits per heavy atom. The number of furan rings is 1. The summed E-state index contributed by atoms with van der Waals surface area (Å²) in [7, 11) is 0.671. The first kappa shape index (κ1) is 17.0. The fraction of sp³-hybridized carbons (Fsp3) is 0.286. The van der Waals surface area contributed by atoms with Crippen molar-refractivity contribution in [1.82, 2.24) is 10.4 Å². The summed E-state index contributed by atoms with van der Waals surface area (Å²) in [5.74, 6) is -3.02. The van der Waals surface area contributed by atoms with Crippen molar-refractivity contribution in [2.75, 3.05) is 14.2 Å². The molecule has 0 radical (unpaired) electrons. The van der Waals surface area contributed by atoms with Gasteiger partial charge in [0.25, 0.3) is 0 Å². The van der Waals surface area contributed by atoms with Crippen molar-refractivity contribution < 1.29 is 28.9 Å². The molecule has 1 aromatic heterocycles. The Morgan fingerprint density at radius 2 is 2.09 bits per heavy atom. The summed E-state index contributed by atoms with van der Waals surface area (Å²) < 4.78 is 5.37. The highest BCUT2D eigenvalue weighted by Crippen LogP contribution is 2.22. The van der Waals surface area contributed by atoms with E-state index in [0.717, 1.165) is 10.4 Å². The molecule has 2 amide bonds. The lowest BCUT2D eigenvalue weighted by atomic mass is 9.76. The molecule has 2 rings (SSSR count). The molecular weight excluding hydrogens is 303 g/mol. The van der Waals surface area contributed by atoms with E-state index in [1.165, 1.54) is 20.4 Å². The van der Waals surface area contributed by atoms with Crippen LogP contribution in [0.5, 0.6) is 0 Å². The van der Waals surface area contributed by atoms with Gasteiger partial charge in [-0.05, 0) is 18.1 Å². The van der Waals surface area contributed by atoms with Crippen molar-refractivity contribution in [3.05, 3.63) is 36.1 Å². The molecular formula is C14H17BN2O6. The minimum atomic E-state index is -1.84. The Morgan fingerprint density at radius 3 is 2.74 bits per heavy atom. The van der Waals surface area contributed by atoms with Gasteiger partial charge in [0.05, 0.1) is 19.3 Å². The number of para-hydroxylation sites is 1. The van der Waals surface area contributed by atoms with Crippen LogP contribution in [0, 0.1) is 0 Å². The number of hydroxylamine groups is 2. The molecule has 0 saturated carbocycles. The second-order valence-electron chi connectivity index (χ2n) is 4.94. The molecule has 2 aromatic rings. The molecule has 0 saturated heterocycles. The highest BCUT2D eigenvalue weighted by atomic mass is 16.7. The fourth-order valence-electron chi connectivity index (χ4n) is 2.11.